The molecule has 5 heteroatoms. The molecule has 2 aromatic rings. The number of nitrogens with two attached hydrogens (primary N) is 1. The van der Waals surface area contributed by atoms with E-state index in [9.17, 15) is 4.39 Å². The van der Waals surface area contributed by atoms with Crippen LogP contribution in [0, 0.1) is 5.82 Å². The minimum Gasteiger partial charge on any atom is -0.324 e. The minimum absolute atomic E-state index is 0.250. The van der Waals surface area contributed by atoms with Crippen LogP contribution in [0.3, 0.4) is 0 Å². The second-order valence-corrected chi connectivity index (χ2v) is 3.33. The van der Waals surface area contributed by atoms with Gasteiger partial charge in [0.2, 0.25) is 0 Å². The highest BCUT2D eigenvalue weighted by Crippen LogP contribution is 2.20. The van der Waals surface area contributed by atoms with Gasteiger partial charge in [0.1, 0.15) is 18.5 Å². The average Bonchev–Trinajstić information content (AvgIpc) is 2.70. The fourth-order valence-electron chi connectivity index (χ4n) is 1.43. The highest BCUT2D eigenvalue weighted by Gasteiger charge is 2.10. The summed E-state index contributed by atoms with van der Waals surface area (Å²) >= 11 is 0. The zero-order valence-electron chi connectivity index (χ0n) is 8.26. The smallest absolute Gasteiger partial charge is 0.138 e. The maximum Gasteiger partial charge on any atom is 0.138 e. The van der Waals surface area contributed by atoms with Crippen molar-refractivity contribution in [2.24, 2.45) is 5.73 Å². The van der Waals surface area contributed by atoms with Crippen LogP contribution in [0.2, 0.25) is 0 Å². The lowest BCUT2D eigenvalue weighted by Gasteiger charge is -2.12. The second-order valence-electron chi connectivity index (χ2n) is 3.33. The minimum atomic E-state index is -0.300. The first-order valence-electron chi connectivity index (χ1n) is 4.58. The van der Waals surface area contributed by atoms with E-state index in [0.29, 0.717) is 5.56 Å². The molecule has 2 rings (SSSR count). The van der Waals surface area contributed by atoms with Crippen LogP contribution in [-0.2, 0) is 0 Å². The van der Waals surface area contributed by atoms with Crippen molar-refractivity contribution in [2.75, 3.05) is 0 Å². The summed E-state index contributed by atoms with van der Waals surface area (Å²) in [6.07, 6.45) is 2.98. The third-order valence-corrected chi connectivity index (χ3v) is 2.15. The number of aromatic nitrogens is 3. The van der Waals surface area contributed by atoms with E-state index in [1.807, 2.05) is 0 Å². The Balaban J connectivity index is 2.56. The van der Waals surface area contributed by atoms with Gasteiger partial charge in [-0.15, -0.1) is 0 Å². The number of nitrogens with zero attached hydrogens (tertiary/aromatic N) is 3. The molecule has 0 amide bonds. The molecule has 0 saturated carbocycles. The molecule has 0 aliphatic heterocycles. The molecule has 0 aliphatic carbocycles. The van der Waals surface area contributed by atoms with Crippen molar-refractivity contribution in [3.05, 3.63) is 42.2 Å². The predicted octanol–water partition coefficient (Wildman–Crippen LogP) is 1.43. The predicted molar refractivity (Wildman–Crippen MR) is 53.9 cm³/mol. The van der Waals surface area contributed by atoms with Crippen LogP contribution < -0.4 is 5.73 Å². The molecule has 15 heavy (non-hydrogen) atoms. The first-order chi connectivity index (χ1) is 7.18. The Morgan fingerprint density at radius 1 is 1.47 bits per heavy atom. The molecule has 0 saturated heterocycles. The topological polar surface area (TPSA) is 56.7 Å². The molecule has 1 aromatic heterocycles. The van der Waals surface area contributed by atoms with E-state index in [1.54, 1.807) is 24.0 Å². The molecule has 0 aliphatic rings. The Morgan fingerprint density at radius 2 is 2.27 bits per heavy atom. The summed E-state index contributed by atoms with van der Waals surface area (Å²) < 4.78 is 14.6. The van der Waals surface area contributed by atoms with E-state index in [-0.39, 0.29) is 11.9 Å². The largest absolute Gasteiger partial charge is 0.324 e. The van der Waals surface area contributed by atoms with Gasteiger partial charge in [0.15, 0.2) is 0 Å². The number of benzene rings is 1. The normalized spacial score (nSPS) is 12.7. The SMILES string of the molecule is C[C@@H](N)c1cc(F)ccc1-n1cncn1. The average molecular weight is 206 g/mol. The molecule has 1 aromatic carbocycles. The zero-order valence-corrected chi connectivity index (χ0v) is 8.26. The molecular weight excluding hydrogens is 195 g/mol. The fraction of sp³-hybridized carbons (Fsp3) is 0.200. The highest BCUT2D eigenvalue weighted by atomic mass is 19.1. The fourth-order valence-corrected chi connectivity index (χ4v) is 1.43. The summed E-state index contributed by atoms with van der Waals surface area (Å²) in [5, 5.41) is 3.99. The lowest BCUT2D eigenvalue weighted by atomic mass is 10.1. The van der Waals surface area contributed by atoms with Crippen molar-refractivity contribution in [1.29, 1.82) is 0 Å². The molecule has 0 fully saturated rings. The van der Waals surface area contributed by atoms with Crippen LogP contribution in [0.15, 0.2) is 30.9 Å². The second kappa shape index (κ2) is 3.78. The number of hydrogen-bond acceptors (Lipinski definition) is 3. The Labute approximate surface area is 86.6 Å². The van der Waals surface area contributed by atoms with E-state index in [1.165, 1.54) is 18.5 Å². The third kappa shape index (κ3) is 1.87. The molecule has 0 spiro atoms. The van der Waals surface area contributed by atoms with Crippen molar-refractivity contribution in [3.8, 4) is 5.69 Å². The van der Waals surface area contributed by atoms with E-state index >= 15 is 0 Å². The standard InChI is InChI=1S/C10H11FN4/c1-7(12)9-4-8(11)2-3-10(9)15-6-13-5-14-15/h2-7H,12H2,1H3/t7-/m1/s1. The lowest BCUT2D eigenvalue weighted by molar-refractivity contribution is 0.620. The number of rotatable bonds is 2. The van der Waals surface area contributed by atoms with Gasteiger partial charge in [0, 0.05) is 6.04 Å². The van der Waals surface area contributed by atoms with Crippen LogP contribution in [0.1, 0.15) is 18.5 Å². The molecule has 1 atom stereocenters. The maximum absolute atomic E-state index is 13.0. The maximum atomic E-state index is 13.0. The van der Waals surface area contributed by atoms with E-state index < -0.39 is 0 Å². The Morgan fingerprint density at radius 3 is 2.87 bits per heavy atom. The van der Waals surface area contributed by atoms with Crippen LogP contribution in [0.5, 0.6) is 0 Å². The molecular formula is C10H11FN4. The number of halogens is 1. The van der Waals surface area contributed by atoms with Gasteiger partial charge in [-0.1, -0.05) is 0 Å². The van der Waals surface area contributed by atoms with Gasteiger partial charge in [-0.05, 0) is 30.7 Å². The Bertz CT molecular complexity index is 450. The molecule has 1 heterocycles. The van der Waals surface area contributed by atoms with Crippen molar-refractivity contribution >= 4 is 0 Å². The zero-order chi connectivity index (χ0) is 10.8. The van der Waals surface area contributed by atoms with Crippen molar-refractivity contribution in [1.82, 2.24) is 14.8 Å². The highest BCUT2D eigenvalue weighted by molar-refractivity contribution is 5.41. The van der Waals surface area contributed by atoms with Crippen molar-refractivity contribution in [3.63, 3.8) is 0 Å². The summed E-state index contributed by atoms with van der Waals surface area (Å²) in [5.41, 5.74) is 7.22. The van der Waals surface area contributed by atoms with E-state index in [2.05, 4.69) is 10.1 Å². The van der Waals surface area contributed by atoms with Crippen molar-refractivity contribution < 1.29 is 4.39 Å². The summed E-state index contributed by atoms with van der Waals surface area (Å²) in [7, 11) is 0. The Kier molecular flexibility index (Phi) is 2.47. The first-order valence-corrected chi connectivity index (χ1v) is 4.58. The van der Waals surface area contributed by atoms with Crippen molar-refractivity contribution in [2.45, 2.75) is 13.0 Å². The Hall–Kier alpha value is -1.75. The third-order valence-electron chi connectivity index (χ3n) is 2.15. The van der Waals surface area contributed by atoms with Gasteiger partial charge in [-0.3, -0.25) is 0 Å². The van der Waals surface area contributed by atoms with E-state index in [0.717, 1.165) is 5.69 Å². The quantitative estimate of drug-likeness (QED) is 0.808. The molecule has 0 radical (unpaired) electrons. The summed E-state index contributed by atoms with van der Waals surface area (Å²) in [4.78, 5) is 3.84. The summed E-state index contributed by atoms with van der Waals surface area (Å²) in [5.74, 6) is -0.300. The van der Waals surface area contributed by atoms with Crippen LogP contribution in [0.25, 0.3) is 5.69 Å². The van der Waals surface area contributed by atoms with Gasteiger partial charge in [0.05, 0.1) is 5.69 Å². The number of hydrogen-bond donors (Lipinski definition) is 1. The molecule has 78 valence electrons. The molecule has 2 N–H and O–H groups in total. The van der Waals surface area contributed by atoms with Crippen LogP contribution >= 0.6 is 0 Å². The van der Waals surface area contributed by atoms with Gasteiger partial charge < -0.3 is 5.73 Å². The van der Waals surface area contributed by atoms with Gasteiger partial charge in [-0.2, -0.15) is 5.10 Å². The van der Waals surface area contributed by atoms with Crippen LogP contribution in [0.4, 0.5) is 4.39 Å². The monoisotopic (exact) mass is 206 g/mol. The summed E-state index contributed by atoms with van der Waals surface area (Å²) in [6.45, 7) is 1.80. The van der Waals surface area contributed by atoms with E-state index in [4.69, 9.17) is 5.73 Å². The lowest BCUT2D eigenvalue weighted by Crippen LogP contribution is -2.10. The molecule has 4 nitrogen and oxygen atoms in total. The van der Waals surface area contributed by atoms with Crippen LogP contribution in [-0.4, -0.2) is 14.8 Å². The molecule has 0 unspecified atom stereocenters. The van der Waals surface area contributed by atoms with Gasteiger partial charge in [-0.25, -0.2) is 14.1 Å². The summed E-state index contributed by atoms with van der Waals surface area (Å²) in [6, 6.07) is 4.19. The van der Waals surface area contributed by atoms with Gasteiger partial charge in [0.25, 0.3) is 0 Å². The first kappa shape index (κ1) is 9.79. The van der Waals surface area contributed by atoms with Gasteiger partial charge >= 0.3 is 0 Å². The molecule has 0 bridgehead atoms.